The van der Waals surface area contributed by atoms with E-state index in [2.05, 4.69) is 4.84 Å². The molecule has 8 heavy (non-hydrogen) atoms. The normalized spacial score (nSPS) is 7.00. The number of hydrogen-bond acceptors (Lipinski definition) is 4. The summed E-state index contributed by atoms with van der Waals surface area (Å²) in [5.74, 6) is -0.905. The second-order valence-electron chi connectivity index (χ2n) is 0.801. The molecule has 0 aliphatic heterocycles. The molecule has 5 nitrogen and oxygen atoms in total. The summed E-state index contributed by atoms with van der Waals surface area (Å²) in [4.78, 5) is 23.1. The zero-order valence-corrected chi connectivity index (χ0v) is 3.88. The standard InChI is InChI=1S/C3H4N2O3/c4-1-3(7)8-5-2-6/h1-2,4H,(H,5,6). The number of amides is 1. The summed E-state index contributed by atoms with van der Waals surface area (Å²) >= 11 is 0. The molecule has 0 spiro atoms. The van der Waals surface area contributed by atoms with Gasteiger partial charge in [-0.3, -0.25) is 4.79 Å². The quantitative estimate of drug-likeness (QED) is 0.277. The van der Waals surface area contributed by atoms with Gasteiger partial charge in [0.15, 0.2) is 0 Å². The molecule has 0 rings (SSSR count). The first-order valence-corrected chi connectivity index (χ1v) is 1.71. The van der Waals surface area contributed by atoms with Gasteiger partial charge in [-0.05, 0) is 0 Å². The van der Waals surface area contributed by atoms with E-state index in [1.807, 2.05) is 0 Å². The van der Waals surface area contributed by atoms with Crippen LogP contribution in [0, 0.1) is 5.41 Å². The van der Waals surface area contributed by atoms with Gasteiger partial charge in [-0.2, -0.15) is 5.48 Å². The average Bonchev–Trinajstić information content (AvgIpc) is 1.83. The van der Waals surface area contributed by atoms with Crippen LogP contribution in [-0.2, 0) is 14.4 Å². The van der Waals surface area contributed by atoms with Gasteiger partial charge < -0.3 is 10.2 Å². The van der Waals surface area contributed by atoms with Crippen LogP contribution in [0.5, 0.6) is 0 Å². The monoisotopic (exact) mass is 116 g/mol. The van der Waals surface area contributed by atoms with Gasteiger partial charge in [0.05, 0.1) is 0 Å². The lowest BCUT2D eigenvalue weighted by Gasteiger charge is -1.90. The molecule has 0 fully saturated rings. The molecule has 0 saturated heterocycles. The third-order valence-corrected chi connectivity index (χ3v) is 0.325. The fraction of sp³-hybridized carbons (Fsp3) is 0. The van der Waals surface area contributed by atoms with Crippen molar-refractivity contribution in [1.82, 2.24) is 5.48 Å². The summed E-state index contributed by atoms with van der Waals surface area (Å²) in [6.45, 7) is 0. The van der Waals surface area contributed by atoms with Gasteiger partial charge in [-0.15, -0.1) is 0 Å². The summed E-state index contributed by atoms with van der Waals surface area (Å²) < 4.78 is 0. The van der Waals surface area contributed by atoms with Crippen LogP contribution in [0.15, 0.2) is 0 Å². The molecule has 2 N–H and O–H groups in total. The lowest BCUT2D eigenvalue weighted by atomic mass is 10.8. The van der Waals surface area contributed by atoms with E-state index in [1.54, 1.807) is 5.48 Å². The van der Waals surface area contributed by atoms with Crippen LogP contribution in [-0.4, -0.2) is 18.6 Å². The van der Waals surface area contributed by atoms with E-state index in [-0.39, 0.29) is 6.41 Å². The Morgan fingerprint density at radius 3 is 2.75 bits per heavy atom. The molecule has 0 heterocycles. The molecular formula is C3H4N2O3. The first-order valence-electron chi connectivity index (χ1n) is 1.71. The number of hydroxylamine groups is 1. The molecule has 0 aliphatic rings. The molecular weight excluding hydrogens is 112 g/mol. The molecule has 0 aliphatic carbocycles. The molecule has 0 aromatic carbocycles. The lowest BCUT2D eigenvalue weighted by molar-refractivity contribution is -0.146. The smallest absolute Gasteiger partial charge is 0.335 e. The number of rotatable bonds is 3. The van der Waals surface area contributed by atoms with Crippen molar-refractivity contribution in [1.29, 1.82) is 5.41 Å². The van der Waals surface area contributed by atoms with Gasteiger partial charge in [-0.25, -0.2) is 4.79 Å². The molecule has 0 radical (unpaired) electrons. The highest BCUT2D eigenvalue weighted by atomic mass is 16.7. The van der Waals surface area contributed by atoms with E-state index in [4.69, 9.17) is 5.41 Å². The molecule has 1 amide bonds. The Morgan fingerprint density at radius 2 is 2.38 bits per heavy atom. The first kappa shape index (κ1) is 6.61. The van der Waals surface area contributed by atoms with Crippen LogP contribution in [0.25, 0.3) is 0 Å². The van der Waals surface area contributed by atoms with E-state index in [0.717, 1.165) is 0 Å². The maximum atomic E-state index is 9.88. The largest absolute Gasteiger partial charge is 0.373 e. The number of nitrogens with one attached hydrogen (secondary N) is 2. The molecule has 0 atom stereocenters. The topological polar surface area (TPSA) is 79.2 Å². The Hall–Kier alpha value is -1.39. The van der Waals surface area contributed by atoms with Crippen LogP contribution in [0.2, 0.25) is 0 Å². The maximum absolute atomic E-state index is 9.88. The number of carbonyl (C=O) groups is 2. The van der Waals surface area contributed by atoms with Crippen molar-refractivity contribution in [3.8, 4) is 0 Å². The Bertz CT molecular complexity index is 111. The Kier molecular flexibility index (Phi) is 3.13. The van der Waals surface area contributed by atoms with Gasteiger partial charge in [0.25, 0.3) is 0 Å². The van der Waals surface area contributed by atoms with Crippen molar-refractivity contribution < 1.29 is 14.4 Å². The molecule has 0 unspecified atom stereocenters. The number of hydrogen-bond donors (Lipinski definition) is 2. The predicted molar refractivity (Wildman–Crippen MR) is 24.1 cm³/mol. The van der Waals surface area contributed by atoms with Crippen LogP contribution >= 0.6 is 0 Å². The first-order chi connectivity index (χ1) is 3.81. The summed E-state index contributed by atoms with van der Waals surface area (Å²) in [5, 5.41) is 6.23. The molecule has 5 heteroatoms. The fourth-order valence-corrected chi connectivity index (χ4v) is 0.112. The van der Waals surface area contributed by atoms with Crippen LogP contribution in [0.4, 0.5) is 0 Å². The third kappa shape index (κ3) is 2.83. The summed E-state index contributed by atoms with van der Waals surface area (Å²) in [7, 11) is 0. The second-order valence-corrected chi connectivity index (χ2v) is 0.801. The van der Waals surface area contributed by atoms with Crippen LogP contribution in [0.1, 0.15) is 0 Å². The van der Waals surface area contributed by atoms with E-state index in [1.165, 1.54) is 0 Å². The highest BCUT2D eigenvalue weighted by Crippen LogP contribution is 1.60. The average molecular weight is 116 g/mol. The van der Waals surface area contributed by atoms with Gasteiger partial charge in [0.1, 0.15) is 6.21 Å². The van der Waals surface area contributed by atoms with Crippen LogP contribution in [0.3, 0.4) is 0 Å². The summed E-state index contributed by atoms with van der Waals surface area (Å²) in [6.07, 6.45) is 0.637. The highest BCUT2D eigenvalue weighted by Gasteiger charge is 1.90. The molecule has 44 valence electrons. The minimum absolute atomic E-state index is 0.196. The summed E-state index contributed by atoms with van der Waals surface area (Å²) in [5.41, 5.74) is 1.62. The molecule has 0 aromatic rings. The Morgan fingerprint density at radius 1 is 1.75 bits per heavy atom. The predicted octanol–water partition coefficient (Wildman–Crippen LogP) is -1.16. The van der Waals surface area contributed by atoms with Crippen molar-refractivity contribution in [2.75, 3.05) is 0 Å². The zero-order chi connectivity index (χ0) is 6.41. The van der Waals surface area contributed by atoms with Crippen molar-refractivity contribution in [2.45, 2.75) is 0 Å². The lowest BCUT2D eigenvalue weighted by Crippen LogP contribution is -2.18. The van der Waals surface area contributed by atoms with Crippen molar-refractivity contribution in [3.05, 3.63) is 0 Å². The SMILES string of the molecule is N=CC(=O)ONC=O. The molecule has 0 saturated carbocycles. The van der Waals surface area contributed by atoms with Crippen molar-refractivity contribution >= 4 is 18.6 Å². The van der Waals surface area contributed by atoms with Crippen molar-refractivity contribution in [2.24, 2.45) is 0 Å². The van der Waals surface area contributed by atoms with Gasteiger partial charge >= 0.3 is 5.97 Å². The van der Waals surface area contributed by atoms with E-state index in [0.29, 0.717) is 6.21 Å². The second kappa shape index (κ2) is 3.79. The van der Waals surface area contributed by atoms with Gasteiger partial charge in [-0.1, -0.05) is 0 Å². The summed E-state index contributed by atoms with van der Waals surface area (Å²) in [6, 6.07) is 0. The highest BCUT2D eigenvalue weighted by molar-refractivity contribution is 6.21. The molecule has 0 bridgehead atoms. The van der Waals surface area contributed by atoms with E-state index < -0.39 is 5.97 Å². The van der Waals surface area contributed by atoms with Gasteiger partial charge in [0, 0.05) is 0 Å². The Labute approximate surface area is 45.1 Å². The fourth-order valence-electron chi connectivity index (χ4n) is 0.112. The Balaban J connectivity index is 3.24. The third-order valence-electron chi connectivity index (χ3n) is 0.325. The van der Waals surface area contributed by atoms with Gasteiger partial charge in [0.2, 0.25) is 6.41 Å². The minimum Gasteiger partial charge on any atom is -0.335 e. The van der Waals surface area contributed by atoms with Crippen LogP contribution < -0.4 is 5.48 Å². The zero-order valence-electron chi connectivity index (χ0n) is 3.88. The minimum atomic E-state index is -0.905. The maximum Gasteiger partial charge on any atom is 0.373 e. The van der Waals surface area contributed by atoms with Crippen molar-refractivity contribution in [3.63, 3.8) is 0 Å². The molecule has 0 aromatic heterocycles. The van der Waals surface area contributed by atoms with E-state index in [9.17, 15) is 9.59 Å². The van der Waals surface area contributed by atoms with E-state index >= 15 is 0 Å². The number of carbonyl (C=O) groups excluding carboxylic acids is 2.